The van der Waals surface area contributed by atoms with Crippen molar-refractivity contribution in [2.24, 2.45) is 11.7 Å². The first-order chi connectivity index (χ1) is 26.1. The minimum atomic E-state index is -1.10. The Labute approximate surface area is 320 Å². The Morgan fingerprint density at radius 3 is 1.98 bits per heavy atom. The number of carbonyl (C=O) groups is 4. The maximum absolute atomic E-state index is 13.8. The summed E-state index contributed by atoms with van der Waals surface area (Å²) in [5, 5.41) is 19.5. The second kappa shape index (κ2) is 33.0. The van der Waals surface area contributed by atoms with Crippen LogP contribution in [0.4, 0.5) is 13.6 Å². The lowest BCUT2D eigenvalue weighted by molar-refractivity contribution is -0.124. The van der Waals surface area contributed by atoms with Crippen LogP contribution in [0.5, 0.6) is 0 Å². The average molecular weight is 760 g/mol. The summed E-state index contributed by atoms with van der Waals surface area (Å²) in [6, 6.07) is 12.7. The van der Waals surface area contributed by atoms with E-state index >= 15 is 0 Å². The molecule has 3 atom stereocenters. The number of nitrogens with two attached hydrogens (primary N) is 1. The van der Waals surface area contributed by atoms with Gasteiger partial charge in [-0.3, -0.25) is 9.78 Å². The molecule has 3 rings (SSSR count). The van der Waals surface area contributed by atoms with E-state index in [1.807, 2.05) is 31.8 Å². The van der Waals surface area contributed by atoms with Crippen LogP contribution in [0.1, 0.15) is 89.0 Å². The Bertz CT molecular complexity index is 1380. The van der Waals surface area contributed by atoms with Gasteiger partial charge in [0.05, 0.1) is 12.1 Å². The molecule has 0 aliphatic carbocycles. The Morgan fingerprint density at radius 2 is 1.44 bits per heavy atom. The molecule has 0 saturated heterocycles. The molecule has 6 N–H and O–H groups in total. The number of ether oxygens (including phenoxy) is 1. The molecule has 0 saturated carbocycles. The number of rotatable bonds is 18. The number of hydrogen-bond acceptors (Lipinski definition) is 9. The number of nitrogens with one attached hydrogen (secondary N) is 3. The van der Waals surface area contributed by atoms with Crippen molar-refractivity contribution in [3.05, 3.63) is 101 Å². The molecule has 0 fully saturated rings. The monoisotopic (exact) mass is 759 g/mol. The van der Waals surface area contributed by atoms with E-state index in [-0.39, 0.29) is 31.6 Å². The van der Waals surface area contributed by atoms with Crippen molar-refractivity contribution in [3.8, 4) is 0 Å². The largest absolute Gasteiger partial charge is 0.445 e. The summed E-state index contributed by atoms with van der Waals surface area (Å²) >= 11 is 0. The topological polar surface area (TPSA) is 173 Å². The molecule has 0 bridgehead atoms. The molecule has 1 unspecified atom stereocenters. The molecule has 11 nitrogen and oxygen atoms in total. The van der Waals surface area contributed by atoms with E-state index in [0.29, 0.717) is 12.1 Å². The van der Waals surface area contributed by atoms with Gasteiger partial charge in [0.1, 0.15) is 37.9 Å². The van der Waals surface area contributed by atoms with Crippen molar-refractivity contribution in [1.82, 2.24) is 20.9 Å². The second-order valence-corrected chi connectivity index (χ2v) is 12.2. The lowest BCUT2D eigenvalue weighted by atomic mass is 9.99. The van der Waals surface area contributed by atoms with Gasteiger partial charge in [-0.1, -0.05) is 90.6 Å². The molecule has 1 aromatic heterocycles. The summed E-state index contributed by atoms with van der Waals surface area (Å²) in [5.74, 6) is -1.11. The van der Waals surface area contributed by atoms with E-state index < -0.39 is 41.8 Å². The van der Waals surface area contributed by atoms with Gasteiger partial charge >= 0.3 is 6.09 Å². The lowest BCUT2D eigenvalue weighted by Gasteiger charge is -2.27. The predicted molar refractivity (Wildman–Crippen MR) is 210 cm³/mol. The number of aryl methyl sites for hydroxylation is 1. The van der Waals surface area contributed by atoms with Gasteiger partial charge in [0.2, 0.25) is 5.91 Å². The molecule has 0 spiro atoms. The van der Waals surface area contributed by atoms with Crippen LogP contribution in [-0.2, 0) is 45.1 Å². The summed E-state index contributed by atoms with van der Waals surface area (Å²) in [4.78, 5) is 45.4. The smallest absolute Gasteiger partial charge is 0.408 e. The number of benzene rings is 2. The van der Waals surface area contributed by atoms with Crippen LogP contribution in [0, 0.1) is 17.6 Å². The highest BCUT2D eigenvalue weighted by Gasteiger charge is 2.27. The Balaban J connectivity index is 0. The SMILES string of the molecule is C=O.C=O.CCCC(C)CCC.CCc1cccc(CNC[C@@H](O)[C@H](Cc2cc(F)cc(F)c2)NC(=O)C(CC)NC(=O)OCc2cccnc2)c1.CN. The van der Waals surface area contributed by atoms with Gasteiger partial charge < -0.3 is 41.1 Å². The summed E-state index contributed by atoms with van der Waals surface area (Å²) < 4.78 is 32.9. The van der Waals surface area contributed by atoms with Crippen molar-refractivity contribution in [2.75, 3.05) is 13.6 Å². The number of amides is 2. The normalized spacial score (nSPS) is 11.6. The van der Waals surface area contributed by atoms with Gasteiger partial charge in [-0.25, -0.2) is 13.6 Å². The summed E-state index contributed by atoms with van der Waals surface area (Å²) in [6.07, 6.45) is 7.91. The van der Waals surface area contributed by atoms with Gasteiger partial charge in [-0.05, 0) is 67.1 Å². The zero-order valence-electron chi connectivity index (χ0n) is 32.9. The summed E-state index contributed by atoms with van der Waals surface area (Å²) in [7, 11) is 1.50. The van der Waals surface area contributed by atoms with Crippen LogP contribution in [0.3, 0.4) is 0 Å². The molecule has 302 valence electrons. The maximum Gasteiger partial charge on any atom is 0.408 e. The van der Waals surface area contributed by atoms with Crippen LogP contribution < -0.4 is 21.7 Å². The predicted octanol–water partition coefficient (Wildman–Crippen LogP) is 6.23. The third-order valence-electron chi connectivity index (χ3n) is 7.92. The first-order valence-electron chi connectivity index (χ1n) is 18.3. The third-order valence-corrected chi connectivity index (χ3v) is 7.92. The van der Waals surface area contributed by atoms with Crippen LogP contribution in [-0.4, -0.2) is 67.4 Å². The Kier molecular flexibility index (Phi) is 31.5. The van der Waals surface area contributed by atoms with Crippen LogP contribution in [0.2, 0.25) is 0 Å². The number of alkyl carbamates (subject to hydrolysis) is 1. The quantitative estimate of drug-likeness (QED) is 0.101. The van der Waals surface area contributed by atoms with Crippen molar-refractivity contribution < 1.29 is 37.8 Å². The van der Waals surface area contributed by atoms with Crippen molar-refractivity contribution >= 4 is 25.6 Å². The van der Waals surface area contributed by atoms with E-state index in [2.05, 4.69) is 60.4 Å². The number of nitrogens with zero attached hydrogens (tertiary/aromatic N) is 1. The van der Waals surface area contributed by atoms with Gasteiger partial charge in [0.15, 0.2) is 0 Å². The molecular formula is C41H63F2N5O6. The molecule has 3 aromatic rings. The zero-order valence-corrected chi connectivity index (χ0v) is 32.9. The highest BCUT2D eigenvalue weighted by Crippen LogP contribution is 2.13. The fourth-order valence-electron chi connectivity index (χ4n) is 5.31. The lowest BCUT2D eigenvalue weighted by Crippen LogP contribution is -2.54. The number of carbonyl (C=O) groups excluding carboxylic acids is 4. The molecule has 0 aliphatic rings. The van der Waals surface area contributed by atoms with E-state index in [1.54, 1.807) is 31.5 Å². The maximum atomic E-state index is 13.8. The van der Waals surface area contributed by atoms with Crippen molar-refractivity contribution in [3.63, 3.8) is 0 Å². The first kappa shape index (κ1) is 51.5. The highest BCUT2D eigenvalue weighted by atomic mass is 19.1. The average Bonchev–Trinajstić information content (AvgIpc) is 3.18. The second-order valence-electron chi connectivity index (χ2n) is 12.2. The fraction of sp³-hybridized carbons (Fsp3) is 0.488. The van der Waals surface area contributed by atoms with Gasteiger partial charge in [-0.15, -0.1) is 0 Å². The van der Waals surface area contributed by atoms with Crippen LogP contribution in [0.25, 0.3) is 0 Å². The van der Waals surface area contributed by atoms with E-state index in [4.69, 9.17) is 14.3 Å². The van der Waals surface area contributed by atoms with E-state index in [9.17, 15) is 23.5 Å². The molecule has 2 aromatic carbocycles. The fourth-order valence-corrected chi connectivity index (χ4v) is 5.31. The number of aliphatic hydroxyl groups excluding tert-OH is 1. The van der Waals surface area contributed by atoms with Crippen LogP contribution in [0.15, 0.2) is 67.0 Å². The number of halogens is 2. The molecule has 0 radical (unpaired) electrons. The molecule has 0 aliphatic heterocycles. The number of aliphatic hydroxyl groups is 1. The van der Waals surface area contributed by atoms with E-state index in [1.165, 1.54) is 38.3 Å². The first-order valence-corrected chi connectivity index (χ1v) is 18.3. The summed E-state index contributed by atoms with van der Waals surface area (Å²) in [6.45, 7) is 15.2. The van der Waals surface area contributed by atoms with Crippen molar-refractivity contribution in [1.29, 1.82) is 0 Å². The van der Waals surface area contributed by atoms with Crippen molar-refractivity contribution in [2.45, 2.75) is 111 Å². The standard InChI is InChI=1S/C30H36F2N4O4.C8H18.CH5N.2CH2O/c1-3-20-7-5-8-21(11-20)16-34-18-28(37)27(14-23-12-24(31)15-25(32)13-23)35-29(38)26(4-2)36-30(39)40-19-22-9-6-10-33-17-22;1-4-6-8(3)7-5-2;3*1-2/h5-13,15,17,26-28,34,37H,3-4,14,16,18-19H2,1-2H3,(H,35,38)(H,36,39);8H,4-7H2,1-3H3;2H2,1H3;2*1H2/t26?,27-,28+;;;;/m0..../s1. The summed E-state index contributed by atoms with van der Waals surface area (Å²) in [5.41, 5.74) is 7.69. The molecule has 13 heteroatoms. The van der Waals surface area contributed by atoms with Gasteiger partial charge in [0, 0.05) is 37.1 Å². The number of hydrogen-bond donors (Lipinski definition) is 5. The third kappa shape index (κ3) is 23.2. The molecule has 54 heavy (non-hydrogen) atoms. The van der Waals surface area contributed by atoms with Gasteiger partial charge in [0.25, 0.3) is 0 Å². The molecular weight excluding hydrogens is 696 g/mol. The minimum absolute atomic E-state index is 0.0168. The highest BCUT2D eigenvalue weighted by molar-refractivity contribution is 5.85. The Morgan fingerprint density at radius 1 is 0.852 bits per heavy atom. The Hall–Kier alpha value is -4.59. The minimum Gasteiger partial charge on any atom is -0.445 e. The van der Waals surface area contributed by atoms with E-state index in [0.717, 1.165) is 36.1 Å². The van der Waals surface area contributed by atoms with Crippen LogP contribution >= 0.6 is 0 Å². The number of pyridine rings is 1. The molecule has 1 heterocycles. The molecule has 2 amide bonds. The van der Waals surface area contributed by atoms with Gasteiger partial charge in [-0.2, -0.15) is 0 Å². The number of aromatic nitrogens is 1. The zero-order chi connectivity index (χ0) is 41.3.